The van der Waals surface area contributed by atoms with E-state index in [9.17, 15) is 31.5 Å². The first-order valence-electron chi connectivity index (χ1n) is 13.8. The fourth-order valence-corrected chi connectivity index (χ4v) is 4.59. The number of benzene rings is 2. The van der Waals surface area contributed by atoms with Crippen LogP contribution in [0.25, 0.3) is 0 Å². The van der Waals surface area contributed by atoms with Crippen LogP contribution in [-0.4, -0.2) is 69.1 Å². The van der Waals surface area contributed by atoms with Crippen molar-refractivity contribution in [2.75, 3.05) is 26.3 Å². The maximum atomic E-state index is 13.6. The Bertz CT molecular complexity index is 1300. The number of nitrogens with one attached hydrogen (secondary N) is 3. The van der Waals surface area contributed by atoms with Crippen LogP contribution < -0.4 is 21.7 Å². The molecule has 1 heterocycles. The lowest BCUT2D eigenvalue weighted by Crippen LogP contribution is -2.49. The van der Waals surface area contributed by atoms with Crippen LogP contribution in [0.5, 0.6) is 0 Å². The summed E-state index contributed by atoms with van der Waals surface area (Å²) >= 11 is 6.03. The van der Waals surface area contributed by atoms with Gasteiger partial charge in [0.15, 0.2) is 6.47 Å². The summed E-state index contributed by atoms with van der Waals surface area (Å²) in [7, 11) is 0. The SMILES string of the molecule is C=C(CC[C@@H]1CN[C@H](COC(=O)NCC(F)(F)F)CO1)/C(=C\N=C/F)NC(=O)C(N)[C@H](c1ccc(F)cc1)c1ccc(Cl)cc1. The standard InChI is InChI=1S/C30H33ClF5N5O4/c1-18(2-11-24-12-39-23(14-44-24)15-45-29(43)40-16-30(34,35)36)25(13-38-17-32)41-28(42)27(37)26(19-3-7-21(31)8-4-19)20-5-9-22(33)10-6-20/h3-10,13,17,23-24,26-27,39H,1-2,11-12,14-16,37H2,(H,40,43)(H,41,42)/b25-13+,38-17-/t23-,24+,26-,27?/m0/s1. The molecule has 1 aliphatic heterocycles. The Morgan fingerprint density at radius 2 is 1.82 bits per heavy atom. The lowest BCUT2D eigenvalue weighted by atomic mass is 9.85. The molecule has 0 radical (unpaired) electrons. The highest BCUT2D eigenvalue weighted by atomic mass is 35.5. The molecule has 4 atom stereocenters. The van der Waals surface area contributed by atoms with E-state index in [1.807, 2.05) is 0 Å². The summed E-state index contributed by atoms with van der Waals surface area (Å²) in [4.78, 5) is 28.3. The number of nitrogens with two attached hydrogens (primary N) is 1. The number of amides is 2. The van der Waals surface area contributed by atoms with Gasteiger partial charge in [-0.1, -0.05) is 42.4 Å². The number of allylic oxidation sites excluding steroid dienone is 1. The number of hydrogen-bond acceptors (Lipinski definition) is 7. The van der Waals surface area contributed by atoms with Crippen LogP contribution in [0.4, 0.5) is 26.7 Å². The van der Waals surface area contributed by atoms with Crippen molar-refractivity contribution < 1.29 is 41.0 Å². The van der Waals surface area contributed by atoms with Crippen LogP contribution in [0.2, 0.25) is 5.02 Å². The lowest BCUT2D eigenvalue weighted by Gasteiger charge is -2.30. The van der Waals surface area contributed by atoms with Crippen molar-refractivity contribution in [3.8, 4) is 0 Å². The van der Waals surface area contributed by atoms with E-state index >= 15 is 0 Å². The summed E-state index contributed by atoms with van der Waals surface area (Å²) in [6, 6.07) is 10.7. The number of hydrogen-bond donors (Lipinski definition) is 4. The van der Waals surface area contributed by atoms with Gasteiger partial charge < -0.3 is 31.2 Å². The van der Waals surface area contributed by atoms with Gasteiger partial charge in [0.1, 0.15) is 19.0 Å². The molecule has 1 aliphatic rings. The molecule has 1 fully saturated rings. The largest absolute Gasteiger partial charge is 0.448 e. The summed E-state index contributed by atoms with van der Waals surface area (Å²) in [6.45, 7) is 2.81. The van der Waals surface area contributed by atoms with E-state index in [1.165, 1.54) is 24.3 Å². The van der Waals surface area contributed by atoms with Gasteiger partial charge in [-0.25, -0.2) is 14.2 Å². The second-order valence-corrected chi connectivity index (χ2v) is 10.6. The Kier molecular flexibility index (Phi) is 13.5. The first-order chi connectivity index (χ1) is 21.4. The zero-order valence-electron chi connectivity index (χ0n) is 24.0. The van der Waals surface area contributed by atoms with Crippen molar-refractivity contribution in [1.29, 1.82) is 0 Å². The third kappa shape index (κ3) is 11.9. The normalized spacial score (nSPS) is 18.7. The van der Waals surface area contributed by atoms with Crippen LogP contribution in [0.15, 0.2) is 77.6 Å². The summed E-state index contributed by atoms with van der Waals surface area (Å²) in [5.74, 6) is -1.76. The van der Waals surface area contributed by atoms with E-state index in [4.69, 9.17) is 26.8 Å². The summed E-state index contributed by atoms with van der Waals surface area (Å²) < 4.78 is 73.6. The number of carbonyl (C=O) groups is 2. The van der Waals surface area contributed by atoms with Gasteiger partial charge in [0.25, 0.3) is 0 Å². The fourth-order valence-electron chi connectivity index (χ4n) is 4.46. The summed E-state index contributed by atoms with van der Waals surface area (Å²) in [5.41, 5.74) is 8.21. The van der Waals surface area contributed by atoms with Gasteiger partial charge in [-0.05, 0) is 53.8 Å². The minimum absolute atomic E-state index is 0.0498. The second-order valence-electron chi connectivity index (χ2n) is 10.2. The Morgan fingerprint density at radius 3 is 2.40 bits per heavy atom. The molecule has 0 aromatic heterocycles. The van der Waals surface area contributed by atoms with Gasteiger partial charge >= 0.3 is 12.3 Å². The Labute approximate surface area is 261 Å². The molecule has 0 bridgehead atoms. The third-order valence-corrected chi connectivity index (χ3v) is 7.06. The predicted octanol–water partition coefficient (Wildman–Crippen LogP) is 4.88. The van der Waals surface area contributed by atoms with E-state index < -0.39 is 48.5 Å². The van der Waals surface area contributed by atoms with Gasteiger partial charge in [0, 0.05) is 17.5 Å². The predicted molar refractivity (Wildman–Crippen MR) is 159 cm³/mol. The van der Waals surface area contributed by atoms with Crippen molar-refractivity contribution >= 4 is 30.1 Å². The highest BCUT2D eigenvalue weighted by molar-refractivity contribution is 6.30. The average molecular weight is 658 g/mol. The number of aliphatic imine (C=N–C) groups is 1. The number of halogens is 6. The van der Waals surface area contributed by atoms with Crippen LogP contribution in [0.3, 0.4) is 0 Å². The first kappa shape index (κ1) is 35.6. The molecule has 2 aromatic carbocycles. The Balaban J connectivity index is 1.57. The summed E-state index contributed by atoms with van der Waals surface area (Å²) in [6.07, 6.45) is -4.23. The van der Waals surface area contributed by atoms with Gasteiger partial charge in [0.05, 0.1) is 36.7 Å². The van der Waals surface area contributed by atoms with Gasteiger partial charge in [0.2, 0.25) is 5.91 Å². The van der Waals surface area contributed by atoms with E-state index in [-0.39, 0.29) is 31.5 Å². The summed E-state index contributed by atoms with van der Waals surface area (Å²) in [5, 5.41) is 7.86. The van der Waals surface area contributed by atoms with Crippen molar-refractivity contribution in [2.45, 2.75) is 43.1 Å². The average Bonchev–Trinajstić information content (AvgIpc) is 3.01. The minimum atomic E-state index is -4.55. The van der Waals surface area contributed by atoms with Crippen molar-refractivity contribution in [3.63, 3.8) is 0 Å². The second kappa shape index (κ2) is 17.0. The highest BCUT2D eigenvalue weighted by Gasteiger charge is 2.30. The van der Waals surface area contributed by atoms with E-state index in [0.717, 1.165) is 6.20 Å². The third-order valence-electron chi connectivity index (χ3n) is 6.80. The Hall–Kier alpha value is -3.85. The quantitative estimate of drug-likeness (QED) is 0.138. The smallest absolute Gasteiger partial charge is 0.407 e. The van der Waals surface area contributed by atoms with Crippen LogP contribution in [0, 0.1) is 5.82 Å². The number of nitrogens with zero attached hydrogens (tertiary/aromatic N) is 1. The number of alkyl carbamates (subject to hydrolysis) is 1. The molecule has 1 unspecified atom stereocenters. The molecule has 244 valence electrons. The molecule has 0 aliphatic carbocycles. The maximum Gasteiger partial charge on any atom is 0.407 e. The molecule has 15 heteroatoms. The van der Waals surface area contributed by atoms with Crippen molar-refractivity contribution in [3.05, 3.63) is 94.5 Å². The Morgan fingerprint density at radius 1 is 1.18 bits per heavy atom. The van der Waals surface area contributed by atoms with Crippen LogP contribution in [-0.2, 0) is 14.3 Å². The van der Waals surface area contributed by atoms with Gasteiger partial charge in [-0.3, -0.25) is 4.79 Å². The maximum absolute atomic E-state index is 13.6. The minimum Gasteiger partial charge on any atom is -0.448 e. The van der Waals surface area contributed by atoms with Crippen LogP contribution in [0.1, 0.15) is 29.9 Å². The first-order valence-corrected chi connectivity index (χ1v) is 14.1. The molecule has 2 aromatic rings. The molecule has 1 saturated heterocycles. The number of carbonyl (C=O) groups excluding carboxylic acids is 2. The number of alkyl halides is 3. The number of morpholine rings is 1. The zero-order valence-corrected chi connectivity index (χ0v) is 24.7. The zero-order chi connectivity index (χ0) is 33.0. The van der Waals surface area contributed by atoms with Gasteiger partial charge in [-0.15, -0.1) is 0 Å². The molecule has 9 nitrogen and oxygen atoms in total. The molecular formula is C30H33ClF5N5O4. The fraction of sp³-hybridized carbons (Fsp3) is 0.367. The number of rotatable bonds is 13. The molecule has 3 rings (SSSR count). The monoisotopic (exact) mass is 657 g/mol. The molecule has 0 spiro atoms. The molecule has 2 amide bonds. The van der Waals surface area contributed by atoms with Crippen molar-refractivity contribution in [2.24, 2.45) is 10.7 Å². The molecule has 45 heavy (non-hydrogen) atoms. The van der Waals surface area contributed by atoms with Crippen LogP contribution >= 0.6 is 11.6 Å². The van der Waals surface area contributed by atoms with E-state index in [2.05, 4.69) is 22.2 Å². The molecule has 0 saturated carbocycles. The van der Waals surface area contributed by atoms with E-state index in [0.29, 0.717) is 41.1 Å². The highest BCUT2D eigenvalue weighted by Crippen LogP contribution is 2.29. The van der Waals surface area contributed by atoms with E-state index in [1.54, 1.807) is 29.6 Å². The van der Waals surface area contributed by atoms with Crippen molar-refractivity contribution in [1.82, 2.24) is 16.0 Å². The topological polar surface area (TPSA) is 127 Å². The molecular weight excluding hydrogens is 625 g/mol. The lowest BCUT2D eigenvalue weighted by molar-refractivity contribution is -0.124. The van der Waals surface area contributed by atoms with Gasteiger partial charge in [-0.2, -0.15) is 17.6 Å². The number of ether oxygens (including phenoxy) is 2. The molecule has 5 N–H and O–H groups in total.